The van der Waals surface area contributed by atoms with E-state index in [0.717, 1.165) is 5.70 Å². The average Bonchev–Trinajstić information content (AvgIpc) is 3.20. The molecule has 0 amide bonds. The lowest BCUT2D eigenvalue weighted by atomic mass is 9.88. The SMILES string of the molecule is C1=C(c2c3ccccc3cc3c2ccc2ccccc23)NC(c2ccc(-c3ccccc3)cc2)NC1c1cccc2ccc3ccccc3c12. The Morgan fingerprint density at radius 1 is 0.400 bits per heavy atom. The molecule has 9 aromatic rings. The Bertz CT molecular complexity index is 2760. The van der Waals surface area contributed by atoms with Gasteiger partial charge in [-0.25, -0.2) is 0 Å². The third-order valence-electron chi connectivity index (χ3n) is 10.5. The summed E-state index contributed by atoms with van der Waals surface area (Å²) in [6, 6.07) is 64.1. The minimum atomic E-state index is -0.121. The molecule has 0 aliphatic carbocycles. The summed E-state index contributed by atoms with van der Waals surface area (Å²) in [5.41, 5.74) is 7.29. The lowest BCUT2D eigenvalue weighted by Gasteiger charge is -2.34. The first kappa shape index (κ1) is 28.8. The van der Waals surface area contributed by atoms with E-state index in [2.05, 4.69) is 193 Å². The van der Waals surface area contributed by atoms with Crippen LogP contribution in [0.3, 0.4) is 0 Å². The number of benzene rings is 9. The fourth-order valence-electron chi connectivity index (χ4n) is 8.11. The van der Waals surface area contributed by atoms with E-state index < -0.39 is 0 Å². The van der Waals surface area contributed by atoms with Crippen molar-refractivity contribution in [3.63, 3.8) is 0 Å². The van der Waals surface area contributed by atoms with Gasteiger partial charge in [0.25, 0.3) is 0 Å². The van der Waals surface area contributed by atoms with E-state index in [1.807, 2.05) is 0 Å². The molecule has 0 aromatic heterocycles. The molecule has 0 fully saturated rings. The van der Waals surface area contributed by atoms with Crippen LogP contribution in [0.25, 0.3) is 70.7 Å². The maximum atomic E-state index is 4.04. The van der Waals surface area contributed by atoms with Gasteiger partial charge < -0.3 is 5.32 Å². The van der Waals surface area contributed by atoms with E-state index in [-0.39, 0.29) is 12.2 Å². The zero-order valence-corrected chi connectivity index (χ0v) is 27.5. The third-order valence-corrected chi connectivity index (χ3v) is 10.5. The van der Waals surface area contributed by atoms with Crippen LogP contribution in [0.5, 0.6) is 0 Å². The lowest BCUT2D eigenvalue weighted by molar-refractivity contribution is 0.444. The monoisotopic (exact) mass is 638 g/mol. The minimum absolute atomic E-state index is 0.0472. The van der Waals surface area contributed by atoms with E-state index in [0.29, 0.717) is 0 Å². The molecule has 9 aromatic carbocycles. The largest absolute Gasteiger partial charge is 0.366 e. The maximum absolute atomic E-state index is 4.04. The second-order valence-electron chi connectivity index (χ2n) is 13.4. The first-order valence-electron chi connectivity index (χ1n) is 17.4. The van der Waals surface area contributed by atoms with Gasteiger partial charge in [0.15, 0.2) is 0 Å². The average molecular weight is 639 g/mol. The zero-order valence-electron chi connectivity index (χ0n) is 27.5. The fourth-order valence-corrected chi connectivity index (χ4v) is 8.11. The van der Waals surface area contributed by atoms with E-state index in [9.17, 15) is 0 Å². The molecule has 2 nitrogen and oxygen atoms in total. The molecule has 2 heteroatoms. The first-order chi connectivity index (χ1) is 24.8. The van der Waals surface area contributed by atoms with Gasteiger partial charge in [-0.2, -0.15) is 0 Å². The topological polar surface area (TPSA) is 24.1 Å². The molecule has 0 radical (unpaired) electrons. The van der Waals surface area contributed by atoms with Gasteiger partial charge in [-0.3, -0.25) is 5.32 Å². The molecule has 2 N–H and O–H groups in total. The predicted octanol–water partition coefficient (Wildman–Crippen LogP) is 12.1. The normalized spacial score (nSPS) is 16.2. The number of hydrogen-bond donors (Lipinski definition) is 2. The third kappa shape index (κ3) is 4.76. The maximum Gasteiger partial charge on any atom is 0.104 e. The van der Waals surface area contributed by atoms with Crippen LogP contribution in [0.15, 0.2) is 182 Å². The molecule has 0 saturated heterocycles. The summed E-state index contributed by atoms with van der Waals surface area (Å²) in [6.07, 6.45) is 2.30. The quantitative estimate of drug-likeness (QED) is 0.148. The Hall–Kier alpha value is -6.22. The molecule has 0 bridgehead atoms. The van der Waals surface area contributed by atoms with E-state index in [1.165, 1.54) is 81.7 Å². The van der Waals surface area contributed by atoms with Gasteiger partial charge in [-0.1, -0.05) is 170 Å². The molecule has 1 aliphatic heterocycles. The summed E-state index contributed by atoms with van der Waals surface area (Å²) in [5, 5.41) is 20.7. The molecular formula is C48H34N2. The summed E-state index contributed by atoms with van der Waals surface area (Å²) in [5.74, 6) is 0. The number of rotatable bonds is 4. The van der Waals surface area contributed by atoms with Gasteiger partial charge in [-0.05, 0) is 88.3 Å². The van der Waals surface area contributed by atoms with Crippen LogP contribution in [-0.2, 0) is 0 Å². The van der Waals surface area contributed by atoms with Crippen molar-refractivity contribution in [3.8, 4) is 11.1 Å². The molecule has 236 valence electrons. The number of nitrogens with one attached hydrogen (secondary N) is 2. The zero-order chi connectivity index (χ0) is 33.0. The van der Waals surface area contributed by atoms with Crippen molar-refractivity contribution in [1.82, 2.24) is 10.6 Å². The molecule has 1 heterocycles. The van der Waals surface area contributed by atoms with Crippen molar-refractivity contribution in [1.29, 1.82) is 0 Å². The van der Waals surface area contributed by atoms with Crippen molar-refractivity contribution in [2.24, 2.45) is 0 Å². The summed E-state index contributed by atoms with van der Waals surface area (Å²) in [6.45, 7) is 0. The van der Waals surface area contributed by atoms with Crippen molar-refractivity contribution in [3.05, 3.63) is 199 Å². The highest BCUT2D eigenvalue weighted by Gasteiger charge is 2.27. The predicted molar refractivity (Wildman–Crippen MR) is 212 cm³/mol. The van der Waals surface area contributed by atoms with E-state index in [4.69, 9.17) is 0 Å². The van der Waals surface area contributed by atoms with Crippen molar-refractivity contribution in [2.75, 3.05) is 0 Å². The van der Waals surface area contributed by atoms with Crippen LogP contribution in [-0.4, -0.2) is 0 Å². The highest BCUT2D eigenvalue weighted by Crippen LogP contribution is 2.41. The van der Waals surface area contributed by atoms with Crippen LogP contribution >= 0.6 is 0 Å². The molecule has 0 saturated carbocycles. The van der Waals surface area contributed by atoms with Crippen molar-refractivity contribution < 1.29 is 0 Å². The van der Waals surface area contributed by atoms with Gasteiger partial charge in [0.05, 0.1) is 6.04 Å². The van der Waals surface area contributed by atoms with Gasteiger partial charge in [0.1, 0.15) is 6.17 Å². The highest BCUT2D eigenvalue weighted by atomic mass is 15.2. The second kappa shape index (κ2) is 11.7. The minimum Gasteiger partial charge on any atom is -0.366 e. The smallest absolute Gasteiger partial charge is 0.104 e. The number of fused-ring (bicyclic) bond motifs is 7. The first-order valence-corrected chi connectivity index (χ1v) is 17.4. The molecule has 50 heavy (non-hydrogen) atoms. The molecule has 1 aliphatic rings. The Kier molecular flexibility index (Phi) is 6.75. The lowest BCUT2D eigenvalue weighted by Crippen LogP contribution is -2.39. The summed E-state index contributed by atoms with van der Waals surface area (Å²) in [4.78, 5) is 0. The Labute approximate surface area is 291 Å². The second-order valence-corrected chi connectivity index (χ2v) is 13.4. The molecule has 10 rings (SSSR count). The van der Waals surface area contributed by atoms with Crippen LogP contribution in [0, 0.1) is 0 Å². The van der Waals surface area contributed by atoms with E-state index >= 15 is 0 Å². The fraction of sp³-hybridized carbons (Fsp3) is 0.0417. The Balaban J connectivity index is 1.21. The van der Waals surface area contributed by atoms with Gasteiger partial charge in [0.2, 0.25) is 0 Å². The summed E-state index contributed by atoms with van der Waals surface area (Å²) >= 11 is 0. The Morgan fingerprint density at radius 2 is 1.02 bits per heavy atom. The van der Waals surface area contributed by atoms with Gasteiger partial charge in [0, 0.05) is 11.3 Å². The molecule has 2 unspecified atom stereocenters. The molecule has 2 atom stereocenters. The van der Waals surface area contributed by atoms with Gasteiger partial charge in [-0.15, -0.1) is 0 Å². The van der Waals surface area contributed by atoms with E-state index in [1.54, 1.807) is 0 Å². The summed E-state index contributed by atoms with van der Waals surface area (Å²) in [7, 11) is 0. The standard InChI is InChI=1S/C48H34N2/c1-2-11-31(12-3-1)32-21-25-36(26-22-32)48-49-44(42-20-10-16-35-24-23-34-14-5-8-18-39(34)46(35)42)30-45(50-48)47-40-19-9-6-15-37(40)29-43-38-17-7-4-13-33(38)27-28-41(43)47/h1-30,44,48-50H. The number of hydrogen-bond acceptors (Lipinski definition) is 2. The van der Waals surface area contributed by atoms with Crippen molar-refractivity contribution in [2.45, 2.75) is 12.2 Å². The van der Waals surface area contributed by atoms with Crippen molar-refractivity contribution >= 4 is 59.6 Å². The van der Waals surface area contributed by atoms with Crippen LogP contribution in [0.2, 0.25) is 0 Å². The molecule has 0 spiro atoms. The van der Waals surface area contributed by atoms with Crippen LogP contribution in [0.4, 0.5) is 0 Å². The van der Waals surface area contributed by atoms with Gasteiger partial charge >= 0.3 is 0 Å². The molecular weight excluding hydrogens is 605 g/mol. The Morgan fingerprint density at radius 3 is 1.84 bits per heavy atom. The highest BCUT2D eigenvalue weighted by molar-refractivity contribution is 6.17. The van der Waals surface area contributed by atoms with Crippen LogP contribution in [0.1, 0.15) is 28.9 Å². The van der Waals surface area contributed by atoms with Crippen LogP contribution < -0.4 is 10.6 Å². The summed E-state index contributed by atoms with van der Waals surface area (Å²) < 4.78 is 0.